The second-order valence-corrected chi connectivity index (χ2v) is 6.03. The molecule has 0 radical (unpaired) electrons. The molecule has 0 saturated carbocycles. The van der Waals surface area contributed by atoms with Crippen LogP contribution < -0.4 is 4.90 Å². The number of alkyl halides is 4. The Balaban J connectivity index is 2.11. The molecule has 0 spiro atoms. The van der Waals surface area contributed by atoms with Gasteiger partial charge < -0.3 is 4.90 Å². The molecule has 1 fully saturated rings. The van der Waals surface area contributed by atoms with Crippen molar-refractivity contribution in [2.75, 3.05) is 18.0 Å². The highest BCUT2D eigenvalue weighted by atomic mass is 79.9. The van der Waals surface area contributed by atoms with Crippen LogP contribution in [0.3, 0.4) is 0 Å². The number of hydrogen-bond donors (Lipinski definition) is 0. The highest BCUT2D eigenvalue weighted by Crippen LogP contribution is 2.32. The third-order valence-corrected chi connectivity index (χ3v) is 4.88. The van der Waals surface area contributed by atoms with Crippen molar-refractivity contribution in [2.24, 2.45) is 5.92 Å². The molecule has 0 N–H and O–H groups in total. The van der Waals surface area contributed by atoms with Crippen molar-refractivity contribution in [1.29, 1.82) is 0 Å². The number of aromatic nitrogens is 2. The van der Waals surface area contributed by atoms with Gasteiger partial charge in [0.15, 0.2) is 0 Å². The molecule has 8 heteroatoms. The molecular weight excluding hydrogens is 319 g/mol. The summed E-state index contributed by atoms with van der Waals surface area (Å²) in [6.07, 6.45) is -3.55. The van der Waals surface area contributed by atoms with E-state index in [1.165, 1.54) is 0 Å². The predicted octanol–water partition coefficient (Wildman–Crippen LogP) is 3.17. The van der Waals surface area contributed by atoms with Gasteiger partial charge in [-0.25, -0.2) is 0 Å². The zero-order chi connectivity index (χ0) is 12.6. The molecular formula is C9H11BrF3N3S. The van der Waals surface area contributed by atoms with Gasteiger partial charge in [0, 0.05) is 29.4 Å². The average molecular weight is 330 g/mol. The molecule has 2 rings (SSSR count). The molecule has 0 amide bonds. The first-order chi connectivity index (χ1) is 7.88. The molecule has 1 aliphatic rings. The summed E-state index contributed by atoms with van der Waals surface area (Å²) >= 11 is 4.37. The van der Waals surface area contributed by atoms with E-state index in [2.05, 4.69) is 32.2 Å². The van der Waals surface area contributed by atoms with E-state index < -0.39 is 12.0 Å². The maximum absolute atomic E-state index is 12.4. The monoisotopic (exact) mass is 329 g/mol. The van der Waals surface area contributed by atoms with E-state index in [1.807, 2.05) is 4.90 Å². The smallest absolute Gasteiger partial charge is 0.347 e. The first-order valence-corrected chi connectivity index (χ1v) is 6.86. The summed E-state index contributed by atoms with van der Waals surface area (Å²) in [6, 6.07) is 0. The summed E-state index contributed by atoms with van der Waals surface area (Å²) in [4.78, 5) is 5.85. The molecule has 0 aliphatic carbocycles. The van der Waals surface area contributed by atoms with Crippen LogP contribution in [-0.4, -0.2) is 27.3 Å². The van der Waals surface area contributed by atoms with E-state index in [0.717, 1.165) is 18.0 Å². The van der Waals surface area contributed by atoms with Gasteiger partial charge in [0.05, 0.1) is 0 Å². The number of nitrogens with zero attached hydrogens (tertiary/aromatic N) is 3. The normalized spacial score (nSPS) is 26.3. The average Bonchev–Trinajstić information content (AvgIpc) is 2.70. The molecule has 17 heavy (non-hydrogen) atoms. The van der Waals surface area contributed by atoms with Crippen molar-refractivity contribution < 1.29 is 13.2 Å². The Kier molecular flexibility index (Phi) is 3.63. The Morgan fingerprint density at radius 1 is 1.47 bits per heavy atom. The van der Waals surface area contributed by atoms with Crippen LogP contribution in [0.5, 0.6) is 0 Å². The predicted molar refractivity (Wildman–Crippen MR) is 63.6 cm³/mol. The van der Waals surface area contributed by atoms with E-state index in [4.69, 9.17) is 0 Å². The van der Waals surface area contributed by atoms with Crippen molar-refractivity contribution in [3.05, 3.63) is 5.82 Å². The molecule has 1 aromatic rings. The summed E-state index contributed by atoms with van der Waals surface area (Å²) in [5.41, 5.74) is 0. The van der Waals surface area contributed by atoms with Gasteiger partial charge >= 0.3 is 6.18 Å². The molecule has 3 nitrogen and oxygen atoms in total. The van der Waals surface area contributed by atoms with Gasteiger partial charge in [-0.15, -0.1) is 0 Å². The van der Waals surface area contributed by atoms with Crippen LogP contribution in [0.25, 0.3) is 0 Å². The van der Waals surface area contributed by atoms with Crippen LogP contribution in [-0.2, 0) is 6.18 Å². The Morgan fingerprint density at radius 2 is 2.18 bits per heavy atom. The van der Waals surface area contributed by atoms with E-state index in [9.17, 15) is 13.2 Å². The van der Waals surface area contributed by atoms with Gasteiger partial charge in [-0.3, -0.25) is 0 Å². The second-order valence-electron chi connectivity index (χ2n) is 4.13. The van der Waals surface area contributed by atoms with Crippen LogP contribution >= 0.6 is 27.5 Å². The van der Waals surface area contributed by atoms with Crippen molar-refractivity contribution >= 4 is 32.6 Å². The SMILES string of the molecule is CC1CN(c2nc(C(F)(F)F)ns2)CCC1Br. The van der Waals surface area contributed by atoms with Crippen molar-refractivity contribution in [3.8, 4) is 0 Å². The van der Waals surface area contributed by atoms with Crippen LogP contribution in [0, 0.1) is 5.92 Å². The topological polar surface area (TPSA) is 29.0 Å². The first-order valence-electron chi connectivity index (χ1n) is 5.18. The Hall–Kier alpha value is -0.370. The lowest BCUT2D eigenvalue weighted by Gasteiger charge is -2.33. The number of piperidine rings is 1. The molecule has 2 heterocycles. The van der Waals surface area contributed by atoms with Gasteiger partial charge in [0.2, 0.25) is 11.0 Å². The highest BCUT2D eigenvalue weighted by Gasteiger charge is 2.37. The molecule has 0 bridgehead atoms. The summed E-state index contributed by atoms with van der Waals surface area (Å²) in [5, 5.41) is 0.364. The standard InChI is InChI=1S/C9H11BrF3N3S/c1-5-4-16(3-2-6(5)10)8-14-7(15-17-8)9(11,12)13/h5-6H,2-4H2,1H3. The van der Waals surface area contributed by atoms with Crippen LogP contribution in [0.15, 0.2) is 0 Å². The van der Waals surface area contributed by atoms with Crippen molar-refractivity contribution in [2.45, 2.75) is 24.3 Å². The minimum Gasteiger partial charge on any atom is -0.347 e. The number of halogens is 4. The molecule has 1 aromatic heterocycles. The van der Waals surface area contributed by atoms with Crippen LogP contribution in [0.1, 0.15) is 19.2 Å². The second kappa shape index (κ2) is 4.72. The fourth-order valence-corrected chi connectivity index (χ4v) is 2.84. The van der Waals surface area contributed by atoms with Gasteiger partial charge in [0.25, 0.3) is 0 Å². The van der Waals surface area contributed by atoms with E-state index >= 15 is 0 Å². The third kappa shape index (κ3) is 2.90. The van der Waals surface area contributed by atoms with Gasteiger partial charge in [-0.2, -0.15) is 22.5 Å². The minimum atomic E-state index is -4.45. The van der Waals surface area contributed by atoms with Gasteiger partial charge in [-0.05, 0) is 12.3 Å². The number of hydrogen-bond acceptors (Lipinski definition) is 4. The van der Waals surface area contributed by atoms with Gasteiger partial charge in [-0.1, -0.05) is 22.9 Å². The number of anilines is 1. The van der Waals surface area contributed by atoms with E-state index in [-0.39, 0.29) is 0 Å². The quantitative estimate of drug-likeness (QED) is 0.741. The zero-order valence-electron chi connectivity index (χ0n) is 9.04. The first kappa shape index (κ1) is 13.1. The van der Waals surface area contributed by atoms with E-state index in [1.54, 1.807) is 0 Å². The molecule has 2 atom stereocenters. The molecule has 2 unspecified atom stereocenters. The van der Waals surface area contributed by atoms with E-state index in [0.29, 0.717) is 29.0 Å². The van der Waals surface area contributed by atoms with Crippen LogP contribution in [0.4, 0.5) is 18.3 Å². The lowest BCUT2D eigenvalue weighted by atomic mass is 10.0. The molecule has 1 saturated heterocycles. The Morgan fingerprint density at radius 3 is 2.71 bits per heavy atom. The fourth-order valence-electron chi connectivity index (χ4n) is 1.75. The Labute approximate surface area is 109 Å². The molecule has 0 aromatic carbocycles. The number of rotatable bonds is 1. The van der Waals surface area contributed by atoms with Crippen LogP contribution in [0.2, 0.25) is 0 Å². The summed E-state index contributed by atoms with van der Waals surface area (Å²) in [5.74, 6) is -0.645. The lowest BCUT2D eigenvalue weighted by Crippen LogP contribution is -2.39. The maximum atomic E-state index is 12.4. The highest BCUT2D eigenvalue weighted by molar-refractivity contribution is 9.09. The third-order valence-electron chi connectivity index (χ3n) is 2.74. The minimum absolute atomic E-state index is 0.364. The van der Waals surface area contributed by atoms with Crippen molar-refractivity contribution in [1.82, 2.24) is 9.36 Å². The Bertz CT molecular complexity index is 395. The summed E-state index contributed by atoms with van der Waals surface area (Å²) in [7, 11) is 0. The molecule has 1 aliphatic heterocycles. The summed E-state index contributed by atoms with van der Waals surface area (Å²) in [6.45, 7) is 3.49. The largest absolute Gasteiger partial charge is 0.452 e. The fraction of sp³-hybridized carbons (Fsp3) is 0.778. The van der Waals surface area contributed by atoms with Crippen molar-refractivity contribution in [3.63, 3.8) is 0 Å². The maximum Gasteiger partial charge on any atom is 0.452 e. The zero-order valence-corrected chi connectivity index (χ0v) is 11.4. The summed E-state index contributed by atoms with van der Waals surface area (Å²) < 4.78 is 40.4. The lowest BCUT2D eigenvalue weighted by molar-refractivity contribution is -0.144. The van der Waals surface area contributed by atoms with Gasteiger partial charge in [0.1, 0.15) is 0 Å². The molecule has 96 valence electrons.